The first-order valence-corrected chi connectivity index (χ1v) is 25.2. The molecule has 0 saturated carbocycles. The lowest BCUT2D eigenvalue weighted by atomic mass is 9.33. The van der Waals surface area contributed by atoms with Crippen molar-refractivity contribution in [3.63, 3.8) is 0 Å². The highest BCUT2D eigenvalue weighted by molar-refractivity contribution is 7.00. The molecule has 2 aliphatic heterocycles. The molecule has 4 heterocycles. The normalized spacial score (nSPS) is 13.9. The third kappa shape index (κ3) is 6.83. The molecular formula is C65H63BN4. The molecule has 0 fully saturated rings. The minimum Gasteiger partial charge on any atom is -0.311 e. The molecule has 5 heteroatoms. The maximum Gasteiger partial charge on any atom is 0.252 e. The van der Waals surface area contributed by atoms with Crippen LogP contribution in [-0.4, -0.2) is 16.1 Å². The number of hydrogen-bond donors (Lipinski definition) is 0. The molecule has 8 aromatic carbocycles. The van der Waals surface area contributed by atoms with Crippen LogP contribution in [-0.2, 0) is 21.7 Å². The molecule has 4 nitrogen and oxygen atoms in total. The van der Waals surface area contributed by atoms with Crippen molar-refractivity contribution in [1.29, 1.82) is 0 Å². The molecule has 0 amide bonds. The zero-order valence-electron chi connectivity index (χ0n) is 43.0. The first-order chi connectivity index (χ1) is 33.3. The largest absolute Gasteiger partial charge is 0.311 e. The van der Waals surface area contributed by atoms with Crippen molar-refractivity contribution in [1.82, 2.24) is 9.38 Å². The van der Waals surface area contributed by atoms with E-state index in [1.807, 2.05) is 0 Å². The number of fused-ring (bicyclic) bond motifs is 12. The number of nitrogens with zero attached hydrogens (tertiary/aromatic N) is 4. The molecule has 12 rings (SSSR count). The fourth-order valence-electron chi connectivity index (χ4n) is 11.5. The maximum absolute atomic E-state index is 5.35. The van der Waals surface area contributed by atoms with E-state index in [1.54, 1.807) is 0 Å². The molecular weight excluding hydrogens is 848 g/mol. The average Bonchev–Trinajstić information content (AvgIpc) is 3.73. The Hall–Kier alpha value is -7.11. The summed E-state index contributed by atoms with van der Waals surface area (Å²) in [6.07, 6.45) is 0. The summed E-state index contributed by atoms with van der Waals surface area (Å²) in [5, 5.41) is 3.56. The Labute approximate surface area is 414 Å². The first-order valence-electron chi connectivity index (χ1n) is 25.2. The molecule has 0 aliphatic carbocycles. The minimum absolute atomic E-state index is 0.0187. The Balaban J connectivity index is 1.23. The van der Waals surface area contributed by atoms with E-state index in [0.29, 0.717) is 0 Å². The number of aromatic nitrogens is 2. The van der Waals surface area contributed by atoms with Gasteiger partial charge in [0, 0.05) is 50.3 Å². The Morgan fingerprint density at radius 3 is 1.37 bits per heavy atom. The van der Waals surface area contributed by atoms with Crippen LogP contribution in [0.5, 0.6) is 0 Å². The van der Waals surface area contributed by atoms with Crippen LogP contribution in [0, 0.1) is 0 Å². The van der Waals surface area contributed by atoms with Crippen LogP contribution in [0.3, 0.4) is 0 Å². The van der Waals surface area contributed by atoms with E-state index in [2.05, 4.69) is 261 Å². The van der Waals surface area contributed by atoms with Gasteiger partial charge >= 0.3 is 0 Å². The van der Waals surface area contributed by atoms with E-state index < -0.39 is 0 Å². The van der Waals surface area contributed by atoms with Gasteiger partial charge in [-0.1, -0.05) is 180 Å². The van der Waals surface area contributed by atoms with Crippen LogP contribution in [0.4, 0.5) is 34.1 Å². The third-order valence-electron chi connectivity index (χ3n) is 15.4. The Bertz CT molecular complexity index is 3610. The standard InChI is InChI=1S/C65H63BN4/c1-62(2,3)41-24-30-45(31-25-41)68-54-34-28-43(64(7,8)9)38-50(54)66-51-39-44(65(10,11)12)29-35-55(51)69(46-32-26-42(27-33-46)63(4,5)6)58-37-40(36-57(68)60(58)66)47-19-17-20-49-59(47)48-18-13-15-22-53(48)70-56-23-16-14-21-52(56)67-61(49)70/h13-39H,1-12H3. The summed E-state index contributed by atoms with van der Waals surface area (Å²) in [5.41, 5.74) is 23.0. The number of benzene rings is 8. The van der Waals surface area contributed by atoms with Crippen LogP contribution in [0.1, 0.15) is 105 Å². The lowest BCUT2D eigenvalue weighted by Gasteiger charge is -2.45. The summed E-state index contributed by atoms with van der Waals surface area (Å²) < 4.78 is 2.36. The average molecular weight is 911 g/mol. The SMILES string of the molecule is CC(C)(C)c1ccc(N2c3ccc(C(C)(C)C)cc3B3c4cc(C(C)(C)C)ccc4N(c4ccc(C(C)(C)C)cc4)c4cc(-c5cccc6c5c5ccccc5n5c7ccccc7nc65)cc2c43)cc1. The zero-order chi connectivity index (χ0) is 48.8. The van der Waals surface area contributed by atoms with Crippen LogP contribution in [0.2, 0.25) is 0 Å². The summed E-state index contributed by atoms with van der Waals surface area (Å²) >= 11 is 0. The second-order valence-electron chi connectivity index (χ2n) is 24.2. The highest BCUT2D eigenvalue weighted by Gasteiger charge is 2.45. The van der Waals surface area contributed by atoms with Gasteiger partial charge < -0.3 is 9.80 Å². The van der Waals surface area contributed by atoms with Crippen molar-refractivity contribution in [3.8, 4) is 11.1 Å². The summed E-state index contributed by atoms with van der Waals surface area (Å²) in [5.74, 6) is 0. The highest BCUT2D eigenvalue weighted by atomic mass is 15.2. The summed E-state index contributed by atoms with van der Waals surface area (Å²) in [7, 11) is 0. The van der Waals surface area contributed by atoms with Crippen molar-refractivity contribution in [2.75, 3.05) is 9.80 Å². The monoisotopic (exact) mass is 911 g/mol. The molecule has 0 unspecified atom stereocenters. The smallest absolute Gasteiger partial charge is 0.252 e. The Morgan fingerprint density at radius 2 is 0.857 bits per heavy atom. The predicted molar refractivity (Wildman–Crippen MR) is 302 cm³/mol. The number of rotatable bonds is 3. The molecule has 2 aliphatic rings. The Morgan fingerprint density at radius 1 is 0.400 bits per heavy atom. The quantitative estimate of drug-likeness (QED) is 0.130. The molecule has 70 heavy (non-hydrogen) atoms. The van der Waals surface area contributed by atoms with Gasteiger partial charge in [0.25, 0.3) is 6.71 Å². The second-order valence-corrected chi connectivity index (χ2v) is 24.2. The van der Waals surface area contributed by atoms with Gasteiger partial charge in [-0.25, -0.2) is 4.98 Å². The topological polar surface area (TPSA) is 23.8 Å². The van der Waals surface area contributed by atoms with Gasteiger partial charge in [-0.2, -0.15) is 0 Å². The molecule has 0 radical (unpaired) electrons. The lowest BCUT2D eigenvalue weighted by Crippen LogP contribution is -2.61. The van der Waals surface area contributed by atoms with Crippen molar-refractivity contribution in [2.24, 2.45) is 0 Å². The van der Waals surface area contributed by atoms with Crippen LogP contribution in [0.25, 0.3) is 49.5 Å². The van der Waals surface area contributed by atoms with E-state index in [0.717, 1.165) is 39.0 Å². The van der Waals surface area contributed by atoms with Gasteiger partial charge in [0.05, 0.1) is 16.6 Å². The number of imidazole rings is 1. The van der Waals surface area contributed by atoms with E-state index in [1.165, 1.54) is 83.3 Å². The van der Waals surface area contributed by atoms with Crippen LogP contribution in [0.15, 0.2) is 164 Å². The first kappa shape index (κ1) is 44.1. The van der Waals surface area contributed by atoms with Gasteiger partial charge in [0.2, 0.25) is 0 Å². The third-order valence-corrected chi connectivity index (χ3v) is 15.4. The Kier molecular flexibility index (Phi) is 9.58. The van der Waals surface area contributed by atoms with Crippen molar-refractivity contribution in [2.45, 2.75) is 105 Å². The molecule has 0 N–H and O–H groups in total. The fraction of sp³-hybridized carbons (Fsp3) is 0.246. The predicted octanol–water partition coefficient (Wildman–Crippen LogP) is 15.7. The lowest BCUT2D eigenvalue weighted by molar-refractivity contribution is 0.590. The number of para-hydroxylation sites is 3. The van der Waals surface area contributed by atoms with Crippen LogP contribution < -0.4 is 26.2 Å². The molecule has 346 valence electrons. The van der Waals surface area contributed by atoms with Crippen molar-refractivity contribution in [3.05, 3.63) is 186 Å². The fourth-order valence-corrected chi connectivity index (χ4v) is 11.5. The van der Waals surface area contributed by atoms with Crippen molar-refractivity contribution >= 4 is 95.6 Å². The van der Waals surface area contributed by atoms with Gasteiger partial charge in [0.15, 0.2) is 0 Å². The molecule has 0 atom stereocenters. The van der Waals surface area contributed by atoms with Gasteiger partial charge in [0.1, 0.15) is 5.65 Å². The van der Waals surface area contributed by atoms with Gasteiger partial charge in [-0.05, 0) is 138 Å². The second kappa shape index (κ2) is 15.2. The maximum atomic E-state index is 5.35. The summed E-state index contributed by atoms with van der Waals surface area (Å²) in [6, 6.07) is 62.7. The van der Waals surface area contributed by atoms with Gasteiger partial charge in [-0.15, -0.1) is 0 Å². The molecule has 2 aromatic heterocycles. The zero-order valence-corrected chi connectivity index (χ0v) is 43.0. The summed E-state index contributed by atoms with van der Waals surface area (Å²) in [6.45, 7) is 27.8. The van der Waals surface area contributed by atoms with E-state index >= 15 is 0 Å². The van der Waals surface area contributed by atoms with Crippen molar-refractivity contribution < 1.29 is 0 Å². The number of pyridine rings is 1. The molecule has 0 spiro atoms. The number of hydrogen-bond acceptors (Lipinski definition) is 3. The van der Waals surface area contributed by atoms with Crippen LogP contribution >= 0.6 is 0 Å². The van der Waals surface area contributed by atoms with E-state index in [-0.39, 0.29) is 28.4 Å². The molecule has 10 aromatic rings. The summed E-state index contributed by atoms with van der Waals surface area (Å²) in [4.78, 5) is 10.5. The van der Waals surface area contributed by atoms with E-state index in [9.17, 15) is 0 Å². The number of anilines is 6. The minimum atomic E-state index is -0.0456. The molecule has 0 saturated heterocycles. The van der Waals surface area contributed by atoms with Gasteiger partial charge in [-0.3, -0.25) is 4.40 Å². The highest BCUT2D eigenvalue weighted by Crippen LogP contribution is 2.49. The molecule has 0 bridgehead atoms. The van der Waals surface area contributed by atoms with E-state index in [4.69, 9.17) is 4.98 Å².